The molecule has 1 aliphatic carbocycles. The Balaban J connectivity index is 2.76. The SMILES string of the molecule is CCCCOC(=O)C1(N(C)C(C)=O)CCCCC1. The van der Waals surface area contributed by atoms with Crippen molar-refractivity contribution in [2.75, 3.05) is 13.7 Å². The van der Waals surface area contributed by atoms with Crippen molar-refractivity contribution in [3.05, 3.63) is 0 Å². The van der Waals surface area contributed by atoms with Gasteiger partial charge >= 0.3 is 5.97 Å². The van der Waals surface area contributed by atoms with Gasteiger partial charge in [0, 0.05) is 14.0 Å². The van der Waals surface area contributed by atoms with Crippen molar-refractivity contribution in [3.8, 4) is 0 Å². The van der Waals surface area contributed by atoms with Gasteiger partial charge in [-0.3, -0.25) is 4.79 Å². The monoisotopic (exact) mass is 255 g/mol. The van der Waals surface area contributed by atoms with Crippen LogP contribution in [0, 0.1) is 0 Å². The van der Waals surface area contributed by atoms with E-state index in [0.717, 1.165) is 44.9 Å². The number of ether oxygens (including phenoxy) is 1. The second kappa shape index (κ2) is 6.76. The summed E-state index contributed by atoms with van der Waals surface area (Å²) in [5.41, 5.74) is -0.710. The molecule has 0 aliphatic heterocycles. The van der Waals surface area contributed by atoms with E-state index in [-0.39, 0.29) is 11.9 Å². The normalized spacial score (nSPS) is 18.2. The number of hydrogen-bond acceptors (Lipinski definition) is 3. The molecule has 0 aromatic rings. The van der Waals surface area contributed by atoms with Crippen LogP contribution in [-0.4, -0.2) is 36.0 Å². The zero-order valence-corrected chi connectivity index (χ0v) is 11.8. The molecule has 0 aromatic carbocycles. The van der Waals surface area contributed by atoms with Crippen molar-refractivity contribution in [3.63, 3.8) is 0 Å². The zero-order chi connectivity index (χ0) is 13.6. The number of unbranched alkanes of at least 4 members (excludes halogenated alkanes) is 1. The third-order valence-corrected chi connectivity index (χ3v) is 3.91. The quantitative estimate of drug-likeness (QED) is 0.560. The largest absolute Gasteiger partial charge is 0.464 e. The topological polar surface area (TPSA) is 46.6 Å². The first-order chi connectivity index (χ1) is 8.54. The van der Waals surface area contributed by atoms with Gasteiger partial charge in [0.15, 0.2) is 0 Å². The van der Waals surface area contributed by atoms with E-state index in [1.54, 1.807) is 11.9 Å². The third-order valence-electron chi connectivity index (χ3n) is 3.91. The van der Waals surface area contributed by atoms with E-state index in [0.29, 0.717) is 6.61 Å². The standard InChI is InChI=1S/C14H25NO3/c1-4-5-11-18-13(17)14(15(3)12(2)16)9-7-6-8-10-14/h4-11H2,1-3H3. The highest BCUT2D eigenvalue weighted by atomic mass is 16.5. The van der Waals surface area contributed by atoms with Crippen molar-refractivity contribution in [1.29, 1.82) is 0 Å². The van der Waals surface area contributed by atoms with Gasteiger partial charge in [-0.15, -0.1) is 0 Å². The summed E-state index contributed by atoms with van der Waals surface area (Å²) < 4.78 is 5.36. The molecule has 0 heterocycles. The molecule has 4 nitrogen and oxygen atoms in total. The van der Waals surface area contributed by atoms with Gasteiger partial charge in [-0.1, -0.05) is 32.6 Å². The van der Waals surface area contributed by atoms with Crippen LogP contribution < -0.4 is 0 Å². The maximum Gasteiger partial charge on any atom is 0.332 e. The van der Waals surface area contributed by atoms with Crippen molar-refractivity contribution in [1.82, 2.24) is 4.90 Å². The first-order valence-corrected chi connectivity index (χ1v) is 6.96. The third kappa shape index (κ3) is 3.24. The highest BCUT2D eigenvalue weighted by Crippen LogP contribution is 2.34. The molecule has 0 unspecified atom stereocenters. The van der Waals surface area contributed by atoms with Crippen LogP contribution >= 0.6 is 0 Å². The first-order valence-electron chi connectivity index (χ1n) is 6.96. The Morgan fingerprint density at radius 2 is 1.83 bits per heavy atom. The molecule has 1 amide bonds. The Kier molecular flexibility index (Phi) is 5.63. The summed E-state index contributed by atoms with van der Waals surface area (Å²) in [5, 5.41) is 0. The summed E-state index contributed by atoms with van der Waals surface area (Å²) in [6.07, 6.45) is 6.45. The van der Waals surface area contributed by atoms with Crippen LogP contribution in [0.1, 0.15) is 58.8 Å². The lowest BCUT2D eigenvalue weighted by Crippen LogP contribution is -2.56. The predicted octanol–water partition coefficient (Wildman–Crippen LogP) is 2.51. The van der Waals surface area contributed by atoms with E-state index in [4.69, 9.17) is 4.74 Å². The van der Waals surface area contributed by atoms with Crippen LogP contribution in [0.2, 0.25) is 0 Å². The molecule has 1 rings (SSSR count). The number of esters is 1. The van der Waals surface area contributed by atoms with Gasteiger partial charge in [0.05, 0.1) is 6.61 Å². The molecule has 18 heavy (non-hydrogen) atoms. The van der Waals surface area contributed by atoms with E-state index in [2.05, 4.69) is 6.92 Å². The Morgan fingerprint density at radius 3 is 2.33 bits per heavy atom. The molecule has 1 aliphatic rings. The number of likely N-dealkylation sites (N-methyl/N-ethyl adjacent to an activating group) is 1. The van der Waals surface area contributed by atoms with Crippen molar-refractivity contribution in [2.45, 2.75) is 64.3 Å². The Bertz CT molecular complexity index is 295. The molecule has 0 spiro atoms. The minimum atomic E-state index is -0.710. The van der Waals surface area contributed by atoms with Gasteiger partial charge < -0.3 is 9.64 Å². The highest BCUT2D eigenvalue weighted by Gasteiger charge is 2.45. The fraction of sp³-hybridized carbons (Fsp3) is 0.857. The predicted molar refractivity (Wildman–Crippen MR) is 70.1 cm³/mol. The molecule has 104 valence electrons. The molecule has 0 bridgehead atoms. The summed E-state index contributed by atoms with van der Waals surface area (Å²) in [7, 11) is 1.72. The van der Waals surface area contributed by atoms with Crippen LogP contribution in [0.15, 0.2) is 0 Å². The first kappa shape index (κ1) is 15.0. The van der Waals surface area contributed by atoms with Gasteiger partial charge in [0.25, 0.3) is 0 Å². The number of rotatable bonds is 5. The maximum absolute atomic E-state index is 12.3. The number of nitrogens with zero attached hydrogens (tertiary/aromatic N) is 1. The smallest absolute Gasteiger partial charge is 0.332 e. The van der Waals surface area contributed by atoms with E-state index in [1.807, 2.05) is 0 Å². The molecule has 1 fully saturated rings. The number of carbonyl (C=O) groups is 2. The fourth-order valence-electron chi connectivity index (χ4n) is 2.56. The van der Waals surface area contributed by atoms with Crippen LogP contribution in [0.5, 0.6) is 0 Å². The second-order valence-corrected chi connectivity index (χ2v) is 5.16. The van der Waals surface area contributed by atoms with Gasteiger partial charge in [-0.25, -0.2) is 4.79 Å². The summed E-state index contributed by atoms with van der Waals surface area (Å²) in [6.45, 7) is 4.03. The summed E-state index contributed by atoms with van der Waals surface area (Å²) in [5.74, 6) is -0.280. The Labute approximate surface area is 110 Å². The van der Waals surface area contributed by atoms with E-state index >= 15 is 0 Å². The lowest BCUT2D eigenvalue weighted by molar-refractivity contribution is -0.165. The molecule has 0 atom stereocenters. The average molecular weight is 255 g/mol. The van der Waals surface area contributed by atoms with E-state index in [9.17, 15) is 9.59 Å². The lowest BCUT2D eigenvalue weighted by atomic mass is 9.80. The van der Waals surface area contributed by atoms with Crippen LogP contribution in [0.4, 0.5) is 0 Å². The molecular formula is C14H25NO3. The minimum Gasteiger partial charge on any atom is -0.464 e. The number of carbonyl (C=O) groups excluding carboxylic acids is 2. The minimum absolute atomic E-state index is 0.0654. The van der Waals surface area contributed by atoms with E-state index < -0.39 is 5.54 Å². The van der Waals surface area contributed by atoms with Gasteiger partial charge in [-0.2, -0.15) is 0 Å². The van der Waals surface area contributed by atoms with Crippen molar-refractivity contribution in [2.24, 2.45) is 0 Å². The molecular weight excluding hydrogens is 230 g/mol. The summed E-state index contributed by atoms with van der Waals surface area (Å²) >= 11 is 0. The number of hydrogen-bond donors (Lipinski definition) is 0. The maximum atomic E-state index is 12.3. The van der Waals surface area contributed by atoms with Gasteiger partial charge in [0.2, 0.25) is 5.91 Å². The number of amides is 1. The molecule has 0 aromatic heterocycles. The second-order valence-electron chi connectivity index (χ2n) is 5.16. The Hall–Kier alpha value is -1.06. The molecule has 4 heteroatoms. The molecule has 0 saturated heterocycles. The summed E-state index contributed by atoms with van der Waals surface area (Å²) in [6, 6.07) is 0. The highest BCUT2D eigenvalue weighted by molar-refractivity contribution is 5.87. The fourth-order valence-corrected chi connectivity index (χ4v) is 2.56. The Morgan fingerprint density at radius 1 is 1.22 bits per heavy atom. The lowest BCUT2D eigenvalue weighted by Gasteiger charge is -2.41. The van der Waals surface area contributed by atoms with Gasteiger partial charge in [0.1, 0.15) is 5.54 Å². The summed E-state index contributed by atoms with van der Waals surface area (Å²) in [4.78, 5) is 25.5. The van der Waals surface area contributed by atoms with Crippen molar-refractivity contribution >= 4 is 11.9 Å². The van der Waals surface area contributed by atoms with Gasteiger partial charge in [-0.05, 0) is 19.3 Å². The zero-order valence-electron chi connectivity index (χ0n) is 11.8. The van der Waals surface area contributed by atoms with Crippen LogP contribution in [0.3, 0.4) is 0 Å². The van der Waals surface area contributed by atoms with Crippen LogP contribution in [-0.2, 0) is 14.3 Å². The molecule has 0 N–H and O–H groups in total. The van der Waals surface area contributed by atoms with E-state index in [1.165, 1.54) is 6.92 Å². The molecule has 0 radical (unpaired) electrons. The van der Waals surface area contributed by atoms with Crippen LogP contribution in [0.25, 0.3) is 0 Å². The van der Waals surface area contributed by atoms with Crippen molar-refractivity contribution < 1.29 is 14.3 Å². The molecule has 1 saturated carbocycles. The average Bonchev–Trinajstić information content (AvgIpc) is 2.38.